The van der Waals surface area contributed by atoms with Gasteiger partial charge in [0.25, 0.3) is 11.8 Å². The Kier molecular flexibility index (Phi) is 13.8. The van der Waals surface area contributed by atoms with Gasteiger partial charge in [0.2, 0.25) is 0 Å². The van der Waals surface area contributed by atoms with Crippen molar-refractivity contribution < 1.29 is 14.4 Å². The van der Waals surface area contributed by atoms with Crippen molar-refractivity contribution in [1.82, 2.24) is 10.6 Å². The number of hydrogen-bond donors (Lipinski definition) is 2. The first-order valence-corrected chi connectivity index (χ1v) is 21.1. The number of barbiturate groups is 1. The minimum absolute atomic E-state index is 0.0493. The Labute approximate surface area is 301 Å². The zero-order valence-electron chi connectivity index (χ0n) is 28.5. The average molecular weight is 721 g/mol. The van der Waals surface area contributed by atoms with E-state index < -0.39 is 17.8 Å². The fourth-order valence-electron chi connectivity index (χ4n) is 6.15. The number of nitrogens with one attached hydrogen (secondary N) is 2. The van der Waals surface area contributed by atoms with E-state index in [0.29, 0.717) is 0 Å². The Morgan fingerprint density at radius 1 is 0.562 bits per heavy atom. The Bertz CT molecular complexity index is 1700. The largest absolute Gasteiger partial charge is 0.328 e. The lowest BCUT2D eigenvalue weighted by molar-refractivity contribution is -0.123. The summed E-state index contributed by atoms with van der Waals surface area (Å²) in [5, 5.41) is 6.61. The van der Waals surface area contributed by atoms with Crippen LogP contribution in [-0.2, 0) is 28.9 Å². The summed E-state index contributed by atoms with van der Waals surface area (Å²) >= 11 is 7.32. The monoisotopic (exact) mass is 720 g/mol. The molecule has 0 aliphatic carbocycles. The number of rotatable bonds is 19. The molecule has 1 saturated heterocycles. The maximum Gasteiger partial charge on any atom is 0.328 e. The first-order valence-electron chi connectivity index (χ1n) is 17.7. The fourth-order valence-corrected chi connectivity index (χ4v) is 10.9. The lowest BCUT2D eigenvalue weighted by atomic mass is 10.0. The molecule has 4 aromatic rings. The second-order valence-electron chi connectivity index (χ2n) is 12.6. The molecule has 0 saturated carbocycles. The first kappa shape index (κ1) is 36.4. The van der Waals surface area contributed by atoms with Crippen LogP contribution in [0.2, 0.25) is 0 Å². The predicted molar refractivity (Wildman–Crippen MR) is 207 cm³/mol. The van der Waals surface area contributed by atoms with Gasteiger partial charge in [-0.3, -0.25) is 20.2 Å². The van der Waals surface area contributed by atoms with E-state index in [4.69, 9.17) is 0 Å². The molecule has 0 bridgehead atoms. The third kappa shape index (κ3) is 9.43. The van der Waals surface area contributed by atoms with Gasteiger partial charge < -0.3 is 0 Å². The smallest absolute Gasteiger partial charge is 0.273 e. The second-order valence-corrected chi connectivity index (χ2v) is 16.8. The first-order chi connectivity index (χ1) is 23.4. The zero-order valence-corrected chi connectivity index (χ0v) is 31.8. The number of urea groups is 1. The number of aryl methyl sites for hydroxylation is 3. The van der Waals surface area contributed by atoms with Crippen LogP contribution < -0.4 is 10.6 Å². The second kappa shape index (κ2) is 18.2. The Morgan fingerprint density at radius 2 is 1.08 bits per heavy atom. The van der Waals surface area contributed by atoms with E-state index in [9.17, 15) is 14.4 Å². The Morgan fingerprint density at radius 3 is 1.65 bits per heavy atom. The number of amides is 4. The molecule has 2 N–H and O–H groups in total. The summed E-state index contributed by atoms with van der Waals surface area (Å²) in [6.45, 7) is 6.79. The van der Waals surface area contributed by atoms with Gasteiger partial charge in [0.05, 0.1) is 0 Å². The van der Waals surface area contributed by atoms with Gasteiger partial charge >= 0.3 is 6.03 Å². The van der Waals surface area contributed by atoms with E-state index in [0.717, 1.165) is 35.4 Å². The van der Waals surface area contributed by atoms with Crippen LogP contribution >= 0.6 is 45.3 Å². The maximum absolute atomic E-state index is 12.4. The van der Waals surface area contributed by atoms with E-state index in [1.54, 1.807) is 17.4 Å². The van der Waals surface area contributed by atoms with Crippen molar-refractivity contribution in [3.05, 3.63) is 62.9 Å². The summed E-state index contributed by atoms with van der Waals surface area (Å²) in [6, 6.07) is 10.6. The topological polar surface area (TPSA) is 75.3 Å². The molecule has 9 heteroatoms. The number of carbonyl (C=O) groups excluding carboxylic acids is 3. The lowest BCUT2D eigenvalue weighted by Crippen LogP contribution is -2.51. The molecule has 1 fully saturated rings. The van der Waals surface area contributed by atoms with E-state index in [1.165, 1.54) is 112 Å². The molecule has 0 spiro atoms. The van der Waals surface area contributed by atoms with E-state index in [2.05, 4.69) is 61.1 Å². The lowest BCUT2D eigenvalue weighted by Gasteiger charge is -2.13. The molecule has 4 amide bonds. The van der Waals surface area contributed by atoms with Gasteiger partial charge in [-0.2, -0.15) is 0 Å². The van der Waals surface area contributed by atoms with Gasteiger partial charge in [0.15, 0.2) is 0 Å². The van der Waals surface area contributed by atoms with Crippen LogP contribution in [0.4, 0.5) is 4.79 Å². The van der Waals surface area contributed by atoms with Crippen molar-refractivity contribution in [2.24, 2.45) is 0 Å². The zero-order chi connectivity index (χ0) is 33.9. The molecule has 0 unspecified atom stereocenters. The minimum atomic E-state index is -0.781. The molecular weight excluding hydrogens is 673 g/mol. The summed E-state index contributed by atoms with van der Waals surface area (Å²) < 4.78 is 0. The SMILES string of the molecule is CCCCCCc1ccsc1-c1cc(CCCCCC)c(-c2cc(CCCCCC)c(-c3ccc(C=C4C(=O)NC(=O)NC4=O)s3)s2)s1. The summed E-state index contributed by atoms with van der Waals surface area (Å²) in [7, 11) is 0. The van der Waals surface area contributed by atoms with E-state index in [-0.39, 0.29) is 5.57 Å². The number of thiophene rings is 4. The van der Waals surface area contributed by atoms with Gasteiger partial charge in [-0.05, 0) is 97.0 Å². The minimum Gasteiger partial charge on any atom is -0.273 e. The molecule has 48 heavy (non-hydrogen) atoms. The van der Waals surface area contributed by atoms with E-state index in [1.807, 2.05) is 40.1 Å². The number of imide groups is 2. The Balaban J connectivity index is 1.49. The standard InChI is InChI=1S/C39H48N2O3S4/c1-4-7-10-13-16-26-21-22-45-34(26)32-23-28(18-15-12-9-6-3)36(47-32)33-24-27(17-14-11-8-5-2)35(48-33)31-20-19-29(46-31)25-30-37(42)40-39(44)41-38(30)43/h19-25H,4-18H2,1-3H3,(H2,40,41,42,43,44). The summed E-state index contributed by atoms with van der Waals surface area (Å²) in [5.41, 5.74) is 4.30. The number of hydrogen-bond acceptors (Lipinski definition) is 7. The molecular formula is C39H48N2O3S4. The molecule has 0 atom stereocenters. The summed E-state index contributed by atoms with van der Waals surface area (Å²) in [5.74, 6) is -1.33. The third-order valence-electron chi connectivity index (χ3n) is 8.79. The molecule has 0 aromatic carbocycles. The highest BCUT2D eigenvalue weighted by molar-refractivity contribution is 7.28. The van der Waals surface area contributed by atoms with Crippen molar-refractivity contribution in [2.45, 2.75) is 117 Å². The molecule has 1 aliphatic heterocycles. The molecule has 5 nitrogen and oxygen atoms in total. The third-order valence-corrected chi connectivity index (χ3v) is 13.7. The van der Waals surface area contributed by atoms with Gasteiger partial charge in [-0.1, -0.05) is 78.6 Å². The van der Waals surface area contributed by atoms with Crippen LogP contribution in [-0.4, -0.2) is 17.8 Å². The molecule has 5 heterocycles. The highest BCUT2D eigenvalue weighted by Gasteiger charge is 2.28. The van der Waals surface area contributed by atoms with Gasteiger partial charge in [-0.15, -0.1) is 45.3 Å². The van der Waals surface area contributed by atoms with E-state index >= 15 is 0 Å². The summed E-state index contributed by atoms with van der Waals surface area (Å²) in [6.07, 6.45) is 19.8. The maximum atomic E-state index is 12.4. The van der Waals surface area contributed by atoms with Crippen molar-refractivity contribution >= 4 is 69.3 Å². The van der Waals surface area contributed by atoms with Crippen LogP contribution in [0.25, 0.3) is 35.3 Å². The molecule has 256 valence electrons. The van der Waals surface area contributed by atoms with Crippen LogP contribution in [0.5, 0.6) is 0 Å². The van der Waals surface area contributed by atoms with Crippen LogP contribution in [0.15, 0.2) is 41.3 Å². The highest BCUT2D eigenvalue weighted by Crippen LogP contribution is 2.48. The predicted octanol–water partition coefficient (Wildman–Crippen LogP) is 12.1. The highest BCUT2D eigenvalue weighted by atomic mass is 32.1. The van der Waals surface area contributed by atoms with Crippen molar-refractivity contribution in [1.29, 1.82) is 0 Å². The number of carbonyl (C=O) groups is 3. The molecule has 1 aliphatic rings. The molecule has 5 rings (SSSR count). The van der Waals surface area contributed by atoms with Crippen LogP contribution in [0.1, 0.15) is 119 Å². The van der Waals surface area contributed by atoms with Gasteiger partial charge in [-0.25, -0.2) is 4.79 Å². The quantitative estimate of drug-likeness (QED) is 0.0575. The molecule has 4 aromatic heterocycles. The van der Waals surface area contributed by atoms with Crippen molar-refractivity contribution in [2.75, 3.05) is 0 Å². The normalized spacial score (nSPS) is 13.3. The van der Waals surface area contributed by atoms with Crippen LogP contribution in [0, 0.1) is 0 Å². The molecule has 0 radical (unpaired) electrons. The van der Waals surface area contributed by atoms with Crippen molar-refractivity contribution in [3.8, 4) is 29.3 Å². The fraction of sp³-hybridized carbons (Fsp3) is 0.462. The Hall–Kier alpha value is -2.85. The van der Waals surface area contributed by atoms with Crippen molar-refractivity contribution in [3.63, 3.8) is 0 Å². The van der Waals surface area contributed by atoms with Gasteiger partial charge in [0.1, 0.15) is 5.57 Å². The van der Waals surface area contributed by atoms with Gasteiger partial charge in [0, 0.05) is 34.1 Å². The summed E-state index contributed by atoms with van der Waals surface area (Å²) in [4.78, 5) is 45.1. The van der Waals surface area contributed by atoms with Crippen LogP contribution in [0.3, 0.4) is 0 Å². The number of unbranched alkanes of at least 4 members (excludes halogenated alkanes) is 9. The average Bonchev–Trinajstić information content (AvgIpc) is 3.88.